The van der Waals surface area contributed by atoms with E-state index in [4.69, 9.17) is 6.42 Å². The summed E-state index contributed by atoms with van der Waals surface area (Å²) in [7, 11) is 0. The Hall–Kier alpha value is 0.250. The maximum atomic E-state index is 6.69. The summed E-state index contributed by atoms with van der Waals surface area (Å²) < 4.78 is 0. The van der Waals surface area contributed by atoms with Crippen LogP contribution in [0.5, 0.6) is 0 Å². The van der Waals surface area contributed by atoms with Gasteiger partial charge in [0.25, 0.3) is 0 Å². The fourth-order valence-corrected chi connectivity index (χ4v) is 0.521. The van der Waals surface area contributed by atoms with Gasteiger partial charge in [-0.3, -0.25) is 5.92 Å². The van der Waals surface area contributed by atoms with Crippen LogP contribution >= 0.6 is 19.0 Å². The Morgan fingerprint density at radius 3 is 2.00 bits per heavy atom. The Kier molecular flexibility index (Phi) is 7.54. The molecule has 2 heteroatoms. The molecule has 0 amide bonds. The van der Waals surface area contributed by atoms with Gasteiger partial charge in [0.05, 0.1) is 0 Å². The summed E-state index contributed by atoms with van der Waals surface area (Å²) in [4.78, 5) is 0. The Bertz CT molecular complexity index is 200. The molecule has 0 nitrogen and oxygen atoms in total. The zero-order valence-electron chi connectivity index (χ0n) is 5.07. The van der Waals surface area contributed by atoms with Gasteiger partial charge >= 0.3 is 36.3 Å². The third kappa shape index (κ3) is 4.13. The van der Waals surface area contributed by atoms with E-state index < -0.39 is 0 Å². The van der Waals surface area contributed by atoms with Crippen molar-refractivity contribution in [2.24, 2.45) is 0 Å². The third-order valence-electron chi connectivity index (χ3n) is 0.918. The van der Waals surface area contributed by atoms with Crippen molar-refractivity contribution in [3.8, 4) is 5.92 Å². The molecule has 0 aliphatic carbocycles. The van der Waals surface area contributed by atoms with Gasteiger partial charge in [-0.05, 0) is 0 Å². The second kappa shape index (κ2) is 7.36. The first-order valence-electron chi connectivity index (χ1n) is 2.52. The number of hydrogen-bond acceptors (Lipinski definition) is 0. The van der Waals surface area contributed by atoms with Crippen molar-refractivity contribution in [1.29, 1.82) is 0 Å². The average Bonchev–Trinajstić information content (AvgIpc) is 2.10. The molecule has 0 aliphatic heterocycles. The molecular formula is C8H5AuI-. The third-order valence-corrected chi connectivity index (χ3v) is 0.918. The van der Waals surface area contributed by atoms with E-state index >= 15 is 0 Å². The molecule has 0 unspecified atom stereocenters. The number of rotatable bonds is 0. The second-order valence-corrected chi connectivity index (χ2v) is 1.49. The molecule has 0 saturated carbocycles. The average molecular weight is 425 g/mol. The number of halogens is 1. The first-order chi connectivity index (χ1) is 4.93. The van der Waals surface area contributed by atoms with Gasteiger partial charge in [-0.25, -0.2) is 0 Å². The van der Waals surface area contributed by atoms with Crippen LogP contribution in [-0.4, -0.2) is 0 Å². The Morgan fingerprint density at radius 2 is 1.70 bits per heavy atom. The Morgan fingerprint density at radius 1 is 1.20 bits per heavy atom. The van der Waals surface area contributed by atoms with E-state index in [-0.39, 0.29) is 0 Å². The topological polar surface area (TPSA) is 0 Å². The van der Waals surface area contributed by atoms with Gasteiger partial charge in [0.1, 0.15) is 0 Å². The van der Waals surface area contributed by atoms with Gasteiger partial charge < -0.3 is 6.42 Å². The Labute approximate surface area is 83.9 Å². The summed E-state index contributed by atoms with van der Waals surface area (Å²) >= 11 is 4.34. The van der Waals surface area contributed by atoms with Crippen LogP contribution in [0, 0.1) is 12.3 Å². The molecule has 1 rings (SSSR count). The summed E-state index contributed by atoms with van der Waals surface area (Å²) in [6.07, 6.45) is 6.69. The first kappa shape index (κ1) is 10.3. The van der Waals surface area contributed by atoms with Gasteiger partial charge in [-0.15, -0.1) is 17.7 Å². The molecule has 0 spiro atoms. The molecule has 0 fully saturated rings. The van der Waals surface area contributed by atoms with E-state index in [1.165, 1.54) is 0 Å². The summed E-state index contributed by atoms with van der Waals surface area (Å²) in [6, 6.07) is 9.37. The fraction of sp³-hybridized carbons (Fsp3) is 0. The monoisotopic (exact) mass is 425 g/mol. The normalized spacial score (nSPS) is 7.00. The van der Waals surface area contributed by atoms with E-state index in [0.717, 1.165) is 5.56 Å². The molecule has 56 valence electrons. The molecule has 0 aromatic heterocycles. The van der Waals surface area contributed by atoms with E-state index in [1.54, 1.807) is 0 Å². The van der Waals surface area contributed by atoms with Crippen molar-refractivity contribution in [2.45, 2.75) is 0 Å². The standard InChI is InChI=1S/C8H5.Au.HI/c1-2-8-6-4-3-5-7-8;;/h3-7H;;1H/q-1;+1;/p-1. The Balaban J connectivity index is 0.000000371. The van der Waals surface area contributed by atoms with Gasteiger partial charge in [-0.2, -0.15) is 0 Å². The molecule has 10 heavy (non-hydrogen) atoms. The SMILES string of the molecule is [C-]#Cc1ccccc1.[I][Au]. The summed E-state index contributed by atoms with van der Waals surface area (Å²) in [5, 5.41) is 0. The van der Waals surface area contributed by atoms with Crippen molar-refractivity contribution < 1.29 is 17.3 Å². The van der Waals surface area contributed by atoms with Gasteiger partial charge in [0, 0.05) is 0 Å². The molecule has 0 aliphatic rings. The zero-order valence-corrected chi connectivity index (χ0v) is 9.39. The van der Waals surface area contributed by atoms with Crippen molar-refractivity contribution in [1.82, 2.24) is 0 Å². The van der Waals surface area contributed by atoms with E-state index in [2.05, 4.69) is 42.2 Å². The molecule has 1 aromatic rings. The van der Waals surface area contributed by atoms with Gasteiger partial charge in [0.2, 0.25) is 0 Å². The molecule has 0 atom stereocenters. The van der Waals surface area contributed by atoms with E-state index in [1.807, 2.05) is 30.3 Å². The van der Waals surface area contributed by atoms with Crippen LogP contribution in [0.3, 0.4) is 0 Å². The second-order valence-electron chi connectivity index (χ2n) is 1.49. The first-order valence-corrected chi connectivity index (χ1v) is 8.67. The minimum absolute atomic E-state index is 0.826. The minimum atomic E-state index is 0.826. The van der Waals surface area contributed by atoms with Crippen LogP contribution < -0.4 is 0 Å². The molecule has 0 N–H and O–H groups in total. The number of benzene rings is 1. The fourth-order valence-electron chi connectivity index (χ4n) is 0.521. The van der Waals surface area contributed by atoms with Crippen LogP contribution in [0.15, 0.2) is 30.3 Å². The molecule has 0 radical (unpaired) electrons. The molecule has 0 bridgehead atoms. The van der Waals surface area contributed by atoms with Crippen LogP contribution in [0.1, 0.15) is 5.56 Å². The van der Waals surface area contributed by atoms with Crippen LogP contribution in [0.2, 0.25) is 0 Å². The van der Waals surface area contributed by atoms with Crippen molar-refractivity contribution in [3.05, 3.63) is 42.3 Å². The van der Waals surface area contributed by atoms with Gasteiger partial charge in [0.15, 0.2) is 0 Å². The number of hydrogen-bond donors (Lipinski definition) is 0. The predicted molar refractivity (Wildman–Crippen MR) is 46.7 cm³/mol. The zero-order chi connectivity index (χ0) is 7.82. The van der Waals surface area contributed by atoms with Crippen molar-refractivity contribution in [2.75, 3.05) is 0 Å². The van der Waals surface area contributed by atoms with Crippen LogP contribution in [0.25, 0.3) is 0 Å². The molecule has 1 aromatic carbocycles. The predicted octanol–water partition coefficient (Wildman–Crippen LogP) is 2.51. The quantitative estimate of drug-likeness (QED) is 0.260. The summed E-state index contributed by atoms with van der Waals surface area (Å²) in [6.45, 7) is 0. The summed E-state index contributed by atoms with van der Waals surface area (Å²) in [5.41, 5.74) is 0.826. The van der Waals surface area contributed by atoms with E-state index in [9.17, 15) is 0 Å². The van der Waals surface area contributed by atoms with Crippen molar-refractivity contribution >= 4 is 19.0 Å². The van der Waals surface area contributed by atoms with E-state index in [0.29, 0.717) is 0 Å². The summed E-state index contributed by atoms with van der Waals surface area (Å²) in [5.74, 6) is 2.28. The molecular weight excluding hydrogens is 420 g/mol. The van der Waals surface area contributed by atoms with Crippen LogP contribution in [-0.2, 0) is 17.3 Å². The van der Waals surface area contributed by atoms with Gasteiger partial charge in [-0.1, -0.05) is 18.2 Å². The van der Waals surface area contributed by atoms with Crippen molar-refractivity contribution in [3.63, 3.8) is 0 Å². The van der Waals surface area contributed by atoms with Crippen LogP contribution in [0.4, 0.5) is 0 Å². The molecule has 0 heterocycles. The maximum absolute atomic E-state index is 6.69. The molecule has 0 saturated heterocycles.